The van der Waals surface area contributed by atoms with E-state index in [4.69, 9.17) is 16.3 Å². The molecule has 0 aliphatic carbocycles. The lowest BCUT2D eigenvalue weighted by molar-refractivity contribution is 0.306. The Morgan fingerprint density at radius 2 is 1.90 bits per heavy atom. The van der Waals surface area contributed by atoms with Gasteiger partial charge >= 0.3 is 0 Å². The van der Waals surface area contributed by atoms with E-state index in [1.165, 1.54) is 0 Å². The molecule has 4 heteroatoms. The number of hydrogen-bond acceptors (Lipinski definition) is 2. The number of benzene rings is 2. The van der Waals surface area contributed by atoms with Gasteiger partial charge in [0.2, 0.25) is 0 Å². The van der Waals surface area contributed by atoms with Crippen LogP contribution in [0.4, 0.5) is 0 Å². The minimum atomic E-state index is 0.501. The van der Waals surface area contributed by atoms with Crippen LogP contribution in [0.2, 0.25) is 5.02 Å². The summed E-state index contributed by atoms with van der Waals surface area (Å²) in [5.41, 5.74) is 3.98. The van der Waals surface area contributed by atoms with Crippen molar-refractivity contribution < 1.29 is 4.74 Å². The van der Waals surface area contributed by atoms with Gasteiger partial charge in [-0.1, -0.05) is 41.9 Å². The number of halogens is 1. The molecule has 1 N–H and O–H groups in total. The van der Waals surface area contributed by atoms with Gasteiger partial charge in [-0.3, -0.25) is 5.10 Å². The quantitative estimate of drug-likeness (QED) is 0.763. The Balaban J connectivity index is 1.75. The third kappa shape index (κ3) is 3.26. The summed E-state index contributed by atoms with van der Waals surface area (Å²) in [5, 5.41) is 7.74. The monoisotopic (exact) mass is 298 g/mol. The average Bonchev–Trinajstić information content (AvgIpc) is 2.93. The van der Waals surface area contributed by atoms with E-state index in [0.29, 0.717) is 17.4 Å². The number of hydrogen-bond donors (Lipinski definition) is 1. The molecule has 106 valence electrons. The average molecular weight is 299 g/mol. The highest BCUT2D eigenvalue weighted by molar-refractivity contribution is 6.32. The number of aromatic nitrogens is 2. The van der Waals surface area contributed by atoms with Crippen molar-refractivity contribution in [3.63, 3.8) is 0 Å². The van der Waals surface area contributed by atoms with Crippen molar-refractivity contribution in [2.24, 2.45) is 0 Å². The van der Waals surface area contributed by atoms with E-state index < -0.39 is 0 Å². The van der Waals surface area contributed by atoms with Crippen LogP contribution in [0, 0.1) is 6.92 Å². The van der Waals surface area contributed by atoms with Crippen LogP contribution in [0.25, 0.3) is 11.3 Å². The fraction of sp³-hybridized carbons (Fsp3) is 0.118. The number of ether oxygens (including phenoxy) is 1. The first kappa shape index (κ1) is 13.7. The Hall–Kier alpha value is -2.26. The SMILES string of the molecule is Cc1cc(-c2ccc(OCc3ccccc3)c(Cl)c2)n[nH]1. The van der Waals surface area contributed by atoms with Crippen molar-refractivity contribution in [3.05, 3.63) is 70.9 Å². The molecule has 1 heterocycles. The van der Waals surface area contributed by atoms with E-state index in [9.17, 15) is 0 Å². The van der Waals surface area contributed by atoms with Gasteiger partial charge in [0.15, 0.2) is 0 Å². The summed E-state index contributed by atoms with van der Waals surface area (Å²) in [6.07, 6.45) is 0. The second-order valence-corrected chi connectivity index (χ2v) is 5.26. The van der Waals surface area contributed by atoms with Crippen LogP contribution in [0.15, 0.2) is 54.6 Å². The van der Waals surface area contributed by atoms with E-state index in [1.807, 2.05) is 61.5 Å². The standard InChI is InChI=1S/C17H15ClN2O/c1-12-9-16(20-19-12)14-7-8-17(15(18)10-14)21-11-13-5-3-2-4-6-13/h2-10H,11H2,1H3,(H,19,20). The van der Waals surface area contributed by atoms with Crippen LogP contribution in [0.3, 0.4) is 0 Å². The Morgan fingerprint density at radius 3 is 2.57 bits per heavy atom. The van der Waals surface area contributed by atoms with Crippen LogP contribution in [0.5, 0.6) is 5.75 Å². The molecule has 3 nitrogen and oxygen atoms in total. The summed E-state index contributed by atoms with van der Waals surface area (Å²) in [6, 6.07) is 17.7. The van der Waals surface area contributed by atoms with Gasteiger partial charge in [-0.25, -0.2) is 0 Å². The maximum absolute atomic E-state index is 6.29. The number of aromatic amines is 1. The normalized spacial score (nSPS) is 10.6. The first-order chi connectivity index (χ1) is 10.2. The molecule has 0 atom stereocenters. The maximum atomic E-state index is 6.29. The zero-order chi connectivity index (χ0) is 14.7. The molecule has 0 fully saturated rings. The molecule has 0 radical (unpaired) electrons. The first-order valence-corrected chi connectivity index (χ1v) is 7.09. The molecule has 3 aromatic rings. The smallest absolute Gasteiger partial charge is 0.138 e. The number of rotatable bonds is 4. The van der Waals surface area contributed by atoms with Crippen molar-refractivity contribution >= 4 is 11.6 Å². The molecule has 0 spiro atoms. The second kappa shape index (κ2) is 6.02. The molecule has 0 bridgehead atoms. The van der Waals surface area contributed by atoms with Crippen LogP contribution in [-0.4, -0.2) is 10.2 Å². The lowest BCUT2D eigenvalue weighted by atomic mass is 10.1. The minimum Gasteiger partial charge on any atom is -0.487 e. The molecule has 0 aliphatic rings. The number of H-pyrrole nitrogens is 1. The van der Waals surface area contributed by atoms with Gasteiger partial charge in [0.05, 0.1) is 10.7 Å². The first-order valence-electron chi connectivity index (χ1n) is 6.71. The van der Waals surface area contributed by atoms with Gasteiger partial charge in [0.1, 0.15) is 12.4 Å². The minimum absolute atomic E-state index is 0.501. The Kier molecular flexibility index (Phi) is 3.93. The summed E-state index contributed by atoms with van der Waals surface area (Å²) in [4.78, 5) is 0. The van der Waals surface area contributed by atoms with E-state index in [1.54, 1.807) is 0 Å². The number of nitrogens with zero attached hydrogens (tertiary/aromatic N) is 1. The van der Waals surface area contributed by atoms with E-state index in [0.717, 1.165) is 22.5 Å². The lowest BCUT2D eigenvalue weighted by Crippen LogP contribution is -1.95. The zero-order valence-corrected chi connectivity index (χ0v) is 12.4. The number of aryl methyl sites for hydroxylation is 1. The van der Waals surface area contributed by atoms with Crippen molar-refractivity contribution in [1.29, 1.82) is 0 Å². The van der Waals surface area contributed by atoms with Crippen LogP contribution >= 0.6 is 11.6 Å². The molecule has 0 unspecified atom stereocenters. The summed E-state index contributed by atoms with van der Waals surface area (Å²) in [6.45, 7) is 2.47. The molecule has 0 amide bonds. The highest BCUT2D eigenvalue weighted by Crippen LogP contribution is 2.30. The Labute approximate surface area is 128 Å². The van der Waals surface area contributed by atoms with Gasteiger partial charge in [0, 0.05) is 11.3 Å². The Bertz CT molecular complexity index is 738. The van der Waals surface area contributed by atoms with Gasteiger partial charge in [0.25, 0.3) is 0 Å². The van der Waals surface area contributed by atoms with Crippen molar-refractivity contribution in [1.82, 2.24) is 10.2 Å². The predicted octanol–water partition coefficient (Wildman–Crippen LogP) is 4.62. The van der Waals surface area contributed by atoms with Crippen molar-refractivity contribution in [2.75, 3.05) is 0 Å². The van der Waals surface area contributed by atoms with Crippen molar-refractivity contribution in [3.8, 4) is 17.0 Å². The number of nitrogens with one attached hydrogen (secondary N) is 1. The maximum Gasteiger partial charge on any atom is 0.138 e. The second-order valence-electron chi connectivity index (χ2n) is 4.86. The Morgan fingerprint density at radius 1 is 1.10 bits per heavy atom. The summed E-state index contributed by atoms with van der Waals surface area (Å²) >= 11 is 6.29. The van der Waals surface area contributed by atoms with Gasteiger partial charge in [-0.2, -0.15) is 5.10 Å². The topological polar surface area (TPSA) is 37.9 Å². The zero-order valence-electron chi connectivity index (χ0n) is 11.6. The molecule has 2 aromatic carbocycles. The van der Waals surface area contributed by atoms with E-state index in [2.05, 4.69) is 10.2 Å². The molecular formula is C17H15ClN2O. The predicted molar refractivity (Wildman–Crippen MR) is 84.5 cm³/mol. The molecule has 21 heavy (non-hydrogen) atoms. The highest BCUT2D eigenvalue weighted by Gasteiger charge is 2.07. The molecule has 3 rings (SSSR count). The lowest BCUT2D eigenvalue weighted by Gasteiger charge is -2.09. The van der Waals surface area contributed by atoms with E-state index >= 15 is 0 Å². The molecule has 0 saturated heterocycles. The molecule has 0 saturated carbocycles. The highest BCUT2D eigenvalue weighted by atomic mass is 35.5. The van der Waals surface area contributed by atoms with E-state index in [-0.39, 0.29) is 0 Å². The molecule has 1 aromatic heterocycles. The summed E-state index contributed by atoms with van der Waals surface area (Å²) < 4.78 is 5.76. The van der Waals surface area contributed by atoms with Crippen LogP contribution < -0.4 is 4.74 Å². The molecular weight excluding hydrogens is 284 g/mol. The third-order valence-corrected chi connectivity index (χ3v) is 3.47. The third-order valence-electron chi connectivity index (χ3n) is 3.17. The largest absolute Gasteiger partial charge is 0.487 e. The summed E-state index contributed by atoms with van der Waals surface area (Å²) in [5.74, 6) is 0.677. The fourth-order valence-corrected chi connectivity index (χ4v) is 2.31. The van der Waals surface area contributed by atoms with Crippen LogP contribution in [-0.2, 0) is 6.61 Å². The summed E-state index contributed by atoms with van der Waals surface area (Å²) in [7, 11) is 0. The van der Waals surface area contributed by atoms with Gasteiger partial charge in [-0.05, 0) is 36.8 Å². The van der Waals surface area contributed by atoms with Gasteiger partial charge < -0.3 is 4.74 Å². The molecule has 0 aliphatic heterocycles. The van der Waals surface area contributed by atoms with Crippen LogP contribution in [0.1, 0.15) is 11.3 Å². The van der Waals surface area contributed by atoms with Crippen molar-refractivity contribution in [2.45, 2.75) is 13.5 Å². The van der Waals surface area contributed by atoms with Gasteiger partial charge in [-0.15, -0.1) is 0 Å². The fourth-order valence-electron chi connectivity index (χ4n) is 2.08.